The minimum atomic E-state index is -3.60. The number of benzene rings is 2. The molecule has 148 valence electrons. The van der Waals surface area contributed by atoms with Crippen molar-refractivity contribution < 1.29 is 27.4 Å². The standard InChI is InChI=1S/C19H18ClNO6S/c20-14-1-4-16(5-2-14)28(23,24)21-9-7-13(8-10-21)19(22)27-15-3-6-17-18(11-15)26-12-25-17/h1-6,11,13H,7-10,12H2. The van der Waals surface area contributed by atoms with E-state index in [1.165, 1.54) is 16.4 Å². The van der Waals surface area contributed by atoms with Crippen LogP contribution in [0.25, 0.3) is 0 Å². The summed E-state index contributed by atoms with van der Waals surface area (Å²) in [5.41, 5.74) is 0. The van der Waals surface area contributed by atoms with Gasteiger partial charge in [0.2, 0.25) is 16.8 Å². The van der Waals surface area contributed by atoms with E-state index in [4.69, 9.17) is 25.8 Å². The largest absolute Gasteiger partial charge is 0.454 e. The molecule has 0 N–H and O–H groups in total. The first-order valence-electron chi connectivity index (χ1n) is 8.80. The summed E-state index contributed by atoms with van der Waals surface area (Å²) < 4.78 is 42.8. The van der Waals surface area contributed by atoms with Crippen LogP contribution in [0.3, 0.4) is 0 Å². The van der Waals surface area contributed by atoms with E-state index >= 15 is 0 Å². The van der Waals surface area contributed by atoms with Gasteiger partial charge in [0.1, 0.15) is 5.75 Å². The van der Waals surface area contributed by atoms with Crippen LogP contribution < -0.4 is 14.2 Å². The Morgan fingerprint density at radius 3 is 2.43 bits per heavy atom. The van der Waals surface area contributed by atoms with Crippen LogP contribution >= 0.6 is 11.6 Å². The summed E-state index contributed by atoms with van der Waals surface area (Å²) in [5.74, 6) is 0.796. The summed E-state index contributed by atoms with van der Waals surface area (Å²) in [5, 5.41) is 0.476. The molecule has 28 heavy (non-hydrogen) atoms. The molecule has 2 aromatic rings. The average molecular weight is 424 g/mol. The number of rotatable bonds is 4. The zero-order valence-electron chi connectivity index (χ0n) is 14.8. The number of ether oxygens (including phenoxy) is 3. The van der Waals surface area contributed by atoms with Crippen LogP contribution in [0.4, 0.5) is 0 Å². The summed E-state index contributed by atoms with van der Waals surface area (Å²) in [6.07, 6.45) is 0.798. The maximum atomic E-state index is 12.7. The second-order valence-electron chi connectivity index (χ2n) is 6.57. The van der Waals surface area contributed by atoms with Crippen LogP contribution in [0, 0.1) is 5.92 Å². The first kappa shape index (κ1) is 19.0. The minimum Gasteiger partial charge on any atom is -0.454 e. The zero-order chi connectivity index (χ0) is 19.7. The van der Waals surface area contributed by atoms with Gasteiger partial charge < -0.3 is 14.2 Å². The monoisotopic (exact) mass is 423 g/mol. The molecule has 1 saturated heterocycles. The molecule has 2 aromatic carbocycles. The highest BCUT2D eigenvalue weighted by atomic mass is 35.5. The van der Waals surface area contributed by atoms with Gasteiger partial charge in [0, 0.05) is 24.2 Å². The van der Waals surface area contributed by atoms with Crippen molar-refractivity contribution in [3.8, 4) is 17.2 Å². The third-order valence-corrected chi connectivity index (χ3v) is 6.97. The van der Waals surface area contributed by atoms with Crippen molar-refractivity contribution in [2.45, 2.75) is 17.7 Å². The van der Waals surface area contributed by atoms with Gasteiger partial charge in [-0.25, -0.2) is 8.42 Å². The average Bonchev–Trinajstić information content (AvgIpc) is 3.16. The lowest BCUT2D eigenvalue weighted by atomic mass is 9.98. The molecule has 1 fully saturated rings. The smallest absolute Gasteiger partial charge is 0.314 e. The lowest BCUT2D eigenvalue weighted by molar-refractivity contribution is -0.140. The van der Waals surface area contributed by atoms with Gasteiger partial charge in [-0.05, 0) is 49.2 Å². The van der Waals surface area contributed by atoms with Gasteiger partial charge >= 0.3 is 5.97 Å². The van der Waals surface area contributed by atoms with Crippen LogP contribution in [0.5, 0.6) is 17.2 Å². The molecule has 2 aliphatic heterocycles. The van der Waals surface area contributed by atoms with Gasteiger partial charge in [-0.2, -0.15) is 4.31 Å². The topological polar surface area (TPSA) is 82.1 Å². The Hall–Kier alpha value is -2.29. The maximum Gasteiger partial charge on any atom is 0.314 e. The van der Waals surface area contributed by atoms with E-state index in [0.29, 0.717) is 35.1 Å². The molecule has 0 radical (unpaired) electrons. The number of halogens is 1. The number of hydrogen-bond donors (Lipinski definition) is 0. The normalized spacial score (nSPS) is 17.5. The molecule has 0 aliphatic carbocycles. The molecular formula is C19H18ClNO6S. The molecule has 7 nitrogen and oxygen atoms in total. The Morgan fingerprint density at radius 1 is 1.04 bits per heavy atom. The van der Waals surface area contributed by atoms with Gasteiger partial charge in [0.15, 0.2) is 11.5 Å². The number of esters is 1. The Bertz CT molecular complexity index is 984. The Morgan fingerprint density at radius 2 is 1.71 bits per heavy atom. The van der Waals surface area contributed by atoms with E-state index in [9.17, 15) is 13.2 Å². The molecule has 0 saturated carbocycles. The lowest BCUT2D eigenvalue weighted by Gasteiger charge is -2.30. The highest BCUT2D eigenvalue weighted by Crippen LogP contribution is 2.35. The first-order chi connectivity index (χ1) is 13.4. The number of carbonyl (C=O) groups excluding carboxylic acids is 1. The molecule has 9 heteroatoms. The highest BCUT2D eigenvalue weighted by Gasteiger charge is 2.33. The van der Waals surface area contributed by atoms with Crippen molar-refractivity contribution in [3.05, 3.63) is 47.5 Å². The van der Waals surface area contributed by atoms with Crippen molar-refractivity contribution >= 4 is 27.6 Å². The Labute approximate surface area is 167 Å². The molecule has 0 aromatic heterocycles. The minimum absolute atomic E-state index is 0.146. The number of sulfonamides is 1. The summed E-state index contributed by atoms with van der Waals surface area (Å²) in [7, 11) is -3.60. The van der Waals surface area contributed by atoms with E-state index in [1.54, 1.807) is 30.3 Å². The summed E-state index contributed by atoms with van der Waals surface area (Å²) >= 11 is 5.82. The zero-order valence-corrected chi connectivity index (χ0v) is 16.4. The van der Waals surface area contributed by atoms with E-state index in [0.717, 1.165) is 0 Å². The summed E-state index contributed by atoms with van der Waals surface area (Å²) in [6, 6.07) is 11.0. The SMILES string of the molecule is O=C(Oc1ccc2c(c1)OCO2)C1CCN(S(=O)(=O)c2ccc(Cl)cc2)CC1. The van der Waals surface area contributed by atoms with Crippen LogP contribution in [0.15, 0.2) is 47.4 Å². The second-order valence-corrected chi connectivity index (χ2v) is 8.94. The molecule has 0 amide bonds. The quantitative estimate of drug-likeness (QED) is 0.555. The fourth-order valence-corrected chi connectivity index (χ4v) is 4.82. The van der Waals surface area contributed by atoms with Crippen LogP contribution in [0.2, 0.25) is 5.02 Å². The first-order valence-corrected chi connectivity index (χ1v) is 10.6. The fraction of sp³-hybridized carbons (Fsp3) is 0.316. The third-order valence-electron chi connectivity index (χ3n) is 4.80. The highest BCUT2D eigenvalue weighted by molar-refractivity contribution is 7.89. The van der Waals surface area contributed by atoms with Crippen molar-refractivity contribution in [2.75, 3.05) is 19.9 Å². The van der Waals surface area contributed by atoms with Gasteiger partial charge in [-0.3, -0.25) is 4.79 Å². The van der Waals surface area contributed by atoms with Crippen molar-refractivity contribution in [2.24, 2.45) is 5.92 Å². The molecule has 0 unspecified atom stereocenters. The summed E-state index contributed by atoms with van der Waals surface area (Å²) in [6.45, 7) is 0.658. The number of hydrogen-bond acceptors (Lipinski definition) is 6. The van der Waals surface area contributed by atoms with Gasteiger partial charge in [-0.1, -0.05) is 11.6 Å². The third kappa shape index (κ3) is 3.80. The fourth-order valence-electron chi connectivity index (χ4n) is 3.23. The molecule has 2 heterocycles. The number of piperidine rings is 1. The lowest BCUT2D eigenvalue weighted by Crippen LogP contribution is -2.41. The van der Waals surface area contributed by atoms with Crippen molar-refractivity contribution in [3.63, 3.8) is 0 Å². The van der Waals surface area contributed by atoms with Crippen LogP contribution in [0.1, 0.15) is 12.8 Å². The predicted molar refractivity (Wildman–Crippen MR) is 101 cm³/mol. The second kappa shape index (κ2) is 7.62. The van der Waals surface area contributed by atoms with E-state index in [-0.39, 0.29) is 36.7 Å². The molecule has 0 atom stereocenters. The number of fused-ring (bicyclic) bond motifs is 1. The molecule has 0 bridgehead atoms. The van der Waals surface area contributed by atoms with Crippen LogP contribution in [-0.4, -0.2) is 38.6 Å². The number of nitrogens with zero attached hydrogens (tertiary/aromatic N) is 1. The van der Waals surface area contributed by atoms with Gasteiger partial charge in [0.05, 0.1) is 10.8 Å². The molecule has 4 rings (SSSR count). The van der Waals surface area contributed by atoms with Crippen molar-refractivity contribution in [1.82, 2.24) is 4.31 Å². The number of carbonyl (C=O) groups is 1. The van der Waals surface area contributed by atoms with Gasteiger partial charge in [0.25, 0.3) is 0 Å². The molecule has 2 aliphatic rings. The maximum absolute atomic E-state index is 12.7. The molecule has 0 spiro atoms. The molecular weight excluding hydrogens is 406 g/mol. The van der Waals surface area contributed by atoms with E-state index in [1.807, 2.05) is 0 Å². The van der Waals surface area contributed by atoms with Gasteiger partial charge in [-0.15, -0.1) is 0 Å². The van der Waals surface area contributed by atoms with Crippen LogP contribution in [-0.2, 0) is 14.8 Å². The summed E-state index contributed by atoms with van der Waals surface area (Å²) in [4.78, 5) is 12.6. The predicted octanol–water partition coefficient (Wildman–Crippen LogP) is 3.08. The van der Waals surface area contributed by atoms with E-state index in [2.05, 4.69) is 0 Å². The van der Waals surface area contributed by atoms with E-state index < -0.39 is 10.0 Å². The Balaban J connectivity index is 1.37. The Kier molecular flexibility index (Phi) is 5.18. The van der Waals surface area contributed by atoms with Crippen molar-refractivity contribution in [1.29, 1.82) is 0 Å².